The van der Waals surface area contributed by atoms with E-state index >= 15 is 0 Å². The molecule has 1 N–H and O–H groups in total. The normalized spacial score (nSPS) is 16.2. The third-order valence-electron chi connectivity index (χ3n) is 3.80. The first-order valence-electron chi connectivity index (χ1n) is 7.54. The van der Waals surface area contributed by atoms with E-state index in [0.717, 1.165) is 4.88 Å². The van der Waals surface area contributed by atoms with E-state index in [1.807, 2.05) is 0 Å². The first-order valence-corrected chi connectivity index (χ1v) is 9.80. The van der Waals surface area contributed by atoms with Crippen LogP contribution in [-0.4, -0.2) is 49.5 Å². The van der Waals surface area contributed by atoms with Gasteiger partial charge in [-0.25, -0.2) is 8.42 Å². The molecule has 1 aliphatic heterocycles. The van der Waals surface area contributed by atoms with Crippen LogP contribution in [0.4, 0.5) is 0 Å². The Morgan fingerprint density at radius 1 is 1.29 bits per heavy atom. The number of aromatic nitrogens is 1. The second-order valence-electron chi connectivity index (χ2n) is 5.42. The smallest absolute Gasteiger partial charge is 0.268 e. The van der Waals surface area contributed by atoms with E-state index in [1.54, 1.807) is 42.1 Å². The second-order valence-corrected chi connectivity index (χ2v) is 8.76. The van der Waals surface area contributed by atoms with Crippen LogP contribution in [0.5, 0.6) is 0 Å². The van der Waals surface area contributed by atoms with Gasteiger partial charge in [0.25, 0.3) is 15.9 Å². The minimum Gasteiger partial charge on any atom is -0.379 e. The molecular weight excluding hydrogens is 350 g/mol. The van der Waals surface area contributed by atoms with Crippen molar-refractivity contribution in [3.63, 3.8) is 0 Å². The number of nitrogens with one attached hydrogen (secondary N) is 1. The van der Waals surface area contributed by atoms with Gasteiger partial charge in [0, 0.05) is 31.2 Å². The summed E-state index contributed by atoms with van der Waals surface area (Å²) in [5, 5.41) is 2.81. The summed E-state index contributed by atoms with van der Waals surface area (Å²) in [6, 6.07) is 6.87. The summed E-state index contributed by atoms with van der Waals surface area (Å²) in [6.45, 7) is 1.89. The van der Waals surface area contributed by atoms with Crippen molar-refractivity contribution in [1.29, 1.82) is 0 Å². The van der Waals surface area contributed by atoms with Crippen molar-refractivity contribution in [1.82, 2.24) is 14.2 Å². The van der Waals surface area contributed by atoms with Crippen LogP contribution in [0.3, 0.4) is 0 Å². The zero-order valence-electron chi connectivity index (χ0n) is 13.3. The summed E-state index contributed by atoms with van der Waals surface area (Å²) in [7, 11) is -1.68. The highest BCUT2D eigenvalue weighted by Gasteiger charge is 2.27. The van der Waals surface area contributed by atoms with Gasteiger partial charge in [-0.2, -0.15) is 4.31 Å². The molecule has 9 heteroatoms. The maximum atomic E-state index is 12.6. The Hall–Kier alpha value is -1.68. The van der Waals surface area contributed by atoms with Gasteiger partial charge in [-0.15, -0.1) is 11.3 Å². The zero-order chi connectivity index (χ0) is 17.2. The summed E-state index contributed by atoms with van der Waals surface area (Å²) in [5.74, 6) is -0.187. The predicted molar refractivity (Wildman–Crippen MR) is 90.5 cm³/mol. The molecule has 3 heterocycles. The average Bonchev–Trinajstić information content (AvgIpc) is 3.23. The maximum absolute atomic E-state index is 12.6. The Balaban J connectivity index is 1.65. The third-order valence-corrected chi connectivity index (χ3v) is 7.25. The number of nitrogens with zero attached hydrogens (tertiary/aromatic N) is 2. The molecule has 7 nitrogen and oxygen atoms in total. The fourth-order valence-electron chi connectivity index (χ4n) is 2.46. The molecule has 0 aromatic carbocycles. The average molecular weight is 369 g/mol. The molecule has 1 fully saturated rings. The molecule has 0 aliphatic carbocycles. The number of rotatable bonds is 5. The monoisotopic (exact) mass is 369 g/mol. The number of amides is 1. The number of sulfonamides is 1. The number of morpholine rings is 1. The van der Waals surface area contributed by atoms with Gasteiger partial charge >= 0.3 is 0 Å². The van der Waals surface area contributed by atoms with Crippen LogP contribution < -0.4 is 5.32 Å². The molecule has 0 bridgehead atoms. The van der Waals surface area contributed by atoms with Gasteiger partial charge in [-0.1, -0.05) is 0 Å². The fraction of sp³-hybridized carbons (Fsp3) is 0.400. The van der Waals surface area contributed by atoms with Crippen LogP contribution >= 0.6 is 11.3 Å². The molecule has 2 aromatic rings. The molecule has 0 unspecified atom stereocenters. The molecule has 0 spiro atoms. The number of thiophene rings is 1. The van der Waals surface area contributed by atoms with E-state index < -0.39 is 10.0 Å². The van der Waals surface area contributed by atoms with Crippen LogP contribution in [0.1, 0.15) is 15.4 Å². The molecule has 0 atom stereocenters. The molecule has 1 amide bonds. The lowest BCUT2D eigenvalue weighted by Gasteiger charge is -2.25. The Morgan fingerprint density at radius 3 is 2.71 bits per heavy atom. The number of carbonyl (C=O) groups excluding carboxylic acids is 1. The van der Waals surface area contributed by atoms with E-state index in [-0.39, 0.29) is 5.91 Å². The van der Waals surface area contributed by atoms with Gasteiger partial charge in [-0.3, -0.25) is 4.79 Å². The van der Waals surface area contributed by atoms with Crippen molar-refractivity contribution in [2.45, 2.75) is 10.8 Å². The number of ether oxygens (including phenoxy) is 1. The van der Waals surface area contributed by atoms with Crippen molar-refractivity contribution in [3.05, 3.63) is 41.0 Å². The lowest BCUT2D eigenvalue weighted by atomic mass is 10.4. The SMILES string of the molecule is Cn1cccc1C(=O)NCc1ccc(S(=O)(=O)N2CCOCC2)s1. The highest BCUT2D eigenvalue weighted by atomic mass is 32.2. The van der Waals surface area contributed by atoms with E-state index in [9.17, 15) is 13.2 Å². The first kappa shape index (κ1) is 17.2. The highest BCUT2D eigenvalue weighted by molar-refractivity contribution is 7.91. The first-order chi connectivity index (χ1) is 11.5. The van der Waals surface area contributed by atoms with Gasteiger partial charge in [0.2, 0.25) is 0 Å². The van der Waals surface area contributed by atoms with Crippen LogP contribution in [0.25, 0.3) is 0 Å². The Morgan fingerprint density at radius 2 is 2.04 bits per heavy atom. The molecule has 2 aromatic heterocycles. The number of hydrogen-bond donors (Lipinski definition) is 1. The molecular formula is C15H19N3O4S2. The van der Waals surface area contributed by atoms with Crippen LogP contribution in [0.15, 0.2) is 34.7 Å². The van der Waals surface area contributed by atoms with Crippen LogP contribution in [0, 0.1) is 0 Å². The summed E-state index contributed by atoms with van der Waals surface area (Å²) in [5.41, 5.74) is 0.563. The van der Waals surface area contributed by atoms with Crippen LogP contribution in [0.2, 0.25) is 0 Å². The van der Waals surface area contributed by atoms with Crippen molar-refractivity contribution in [3.8, 4) is 0 Å². The lowest BCUT2D eigenvalue weighted by Crippen LogP contribution is -2.40. The highest BCUT2D eigenvalue weighted by Crippen LogP contribution is 2.25. The summed E-state index contributed by atoms with van der Waals surface area (Å²) < 4.78 is 33.8. The predicted octanol–water partition coefficient (Wildman–Crippen LogP) is 1.04. The molecule has 1 saturated heterocycles. The van der Waals surface area contributed by atoms with Crippen molar-refractivity contribution in [2.24, 2.45) is 7.05 Å². The topological polar surface area (TPSA) is 80.6 Å². The Labute approximate surface area is 144 Å². The Kier molecular flexibility index (Phi) is 5.04. The molecule has 1 aliphatic rings. The van der Waals surface area contributed by atoms with E-state index in [1.165, 1.54) is 15.6 Å². The minimum absolute atomic E-state index is 0.187. The van der Waals surface area contributed by atoms with Crippen molar-refractivity contribution < 1.29 is 17.9 Å². The van der Waals surface area contributed by atoms with Crippen LogP contribution in [-0.2, 0) is 28.4 Å². The summed E-state index contributed by atoms with van der Waals surface area (Å²) in [6.07, 6.45) is 1.80. The quantitative estimate of drug-likeness (QED) is 0.854. The largest absolute Gasteiger partial charge is 0.379 e. The zero-order valence-corrected chi connectivity index (χ0v) is 14.9. The molecule has 24 heavy (non-hydrogen) atoms. The second kappa shape index (κ2) is 7.06. The maximum Gasteiger partial charge on any atom is 0.268 e. The number of hydrogen-bond acceptors (Lipinski definition) is 5. The lowest BCUT2D eigenvalue weighted by molar-refractivity contribution is 0.0731. The van der Waals surface area contributed by atoms with Gasteiger partial charge in [0.15, 0.2) is 0 Å². The molecule has 3 rings (SSSR count). The number of carbonyl (C=O) groups is 1. The van der Waals surface area contributed by atoms with Gasteiger partial charge < -0.3 is 14.6 Å². The van der Waals surface area contributed by atoms with E-state index in [2.05, 4.69) is 5.32 Å². The molecule has 0 radical (unpaired) electrons. The van der Waals surface area contributed by atoms with Crippen molar-refractivity contribution >= 4 is 27.3 Å². The van der Waals surface area contributed by atoms with Gasteiger partial charge in [-0.05, 0) is 24.3 Å². The fourth-order valence-corrected chi connectivity index (χ4v) is 5.32. The Bertz CT molecular complexity index is 819. The third kappa shape index (κ3) is 3.54. The molecule has 130 valence electrons. The van der Waals surface area contributed by atoms with E-state index in [4.69, 9.17) is 4.74 Å². The van der Waals surface area contributed by atoms with Gasteiger partial charge in [0.05, 0.1) is 19.8 Å². The summed E-state index contributed by atoms with van der Waals surface area (Å²) >= 11 is 1.18. The van der Waals surface area contributed by atoms with Crippen molar-refractivity contribution in [2.75, 3.05) is 26.3 Å². The van der Waals surface area contributed by atoms with E-state index in [0.29, 0.717) is 42.8 Å². The minimum atomic E-state index is -3.47. The standard InChI is InChI=1S/C15H19N3O4S2/c1-17-6-2-3-13(17)15(19)16-11-12-4-5-14(23-12)24(20,21)18-7-9-22-10-8-18/h2-6H,7-11H2,1H3,(H,16,19). The number of aryl methyl sites for hydroxylation is 1. The summed E-state index contributed by atoms with van der Waals surface area (Å²) in [4.78, 5) is 12.9. The molecule has 0 saturated carbocycles. The van der Waals surface area contributed by atoms with Gasteiger partial charge in [0.1, 0.15) is 9.90 Å².